The lowest BCUT2D eigenvalue weighted by Gasteiger charge is -2.09. The Kier molecular flexibility index (Phi) is 3.17. The fraction of sp³-hybridized carbons (Fsp3) is 0.111. The van der Waals surface area contributed by atoms with Crippen molar-refractivity contribution in [1.29, 1.82) is 0 Å². The van der Waals surface area contributed by atoms with Crippen LogP contribution in [0.25, 0.3) is 0 Å². The van der Waals surface area contributed by atoms with Crippen LogP contribution in [0.1, 0.15) is 0 Å². The minimum Gasteiger partial charge on any atom is -0.323 e. The molecule has 9 heteroatoms. The van der Waals surface area contributed by atoms with Gasteiger partial charge in [-0.2, -0.15) is 5.10 Å². The van der Waals surface area contributed by atoms with Crippen LogP contribution in [0.15, 0.2) is 35.6 Å². The molecule has 0 bridgehead atoms. The molecular formula is C9H12N6O2S. The van der Waals surface area contributed by atoms with Crippen molar-refractivity contribution in [2.75, 3.05) is 10.1 Å². The summed E-state index contributed by atoms with van der Waals surface area (Å²) in [5, 5.41) is 3.93. The first kappa shape index (κ1) is 12.3. The van der Waals surface area contributed by atoms with E-state index in [9.17, 15) is 8.42 Å². The molecule has 0 saturated heterocycles. The highest BCUT2D eigenvalue weighted by molar-refractivity contribution is 7.92. The third kappa shape index (κ3) is 2.41. The number of sulfonamides is 1. The molecule has 8 nitrogen and oxygen atoms in total. The van der Waals surface area contributed by atoms with Gasteiger partial charge in [-0.3, -0.25) is 20.2 Å². The van der Waals surface area contributed by atoms with Crippen molar-refractivity contribution in [1.82, 2.24) is 14.8 Å². The number of anilines is 2. The third-order valence-corrected chi connectivity index (χ3v) is 3.56. The standard InChI is InChI=1S/C9H12N6O2S/c1-15-5-3-9(13-15)14-18(16,17)8-6-11-4-2-7(8)12-10/h2-6H,10H2,1H3,(H,11,12)(H,13,14). The Balaban J connectivity index is 2.36. The molecule has 0 atom stereocenters. The number of hydrogen-bond donors (Lipinski definition) is 3. The quantitative estimate of drug-likeness (QED) is 0.527. The van der Waals surface area contributed by atoms with Crippen molar-refractivity contribution in [2.45, 2.75) is 4.90 Å². The average Bonchev–Trinajstić information content (AvgIpc) is 2.74. The van der Waals surface area contributed by atoms with Crippen LogP contribution in [-0.2, 0) is 17.1 Å². The number of aryl methyl sites for hydroxylation is 1. The van der Waals surface area contributed by atoms with Crippen LogP contribution in [0.3, 0.4) is 0 Å². The maximum Gasteiger partial charge on any atom is 0.266 e. The van der Waals surface area contributed by atoms with Crippen LogP contribution in [0.5, 0.6) is 0 Å². The number of hydrogen-bond acceptors (Lipinski definition) is 6. The van der Waals surface area contributed by atoms with Crippen molar-refractivity contribution >= 4 is 21.5 Å². The lowest BCUT2D eigenvalue weighted by Crippen LogP contribution is -2.18. The zero-order chi connectivity index (χ0) is 13.2. The lowest BCUT2D eigenvalue weighted by atomic mass is 10.4. The Hall–Kier alpha value is -2.13. The van der Waals surface area contributed by atoms with Crippen LogP contribution < -0.4 is 16.0 Å². The molecule has 2 aromatic rings. The molecule has 2 heterocycles. The van der Waals surface area contributed by atoms with E-state index in [0.717, 1.165) is 0 Å². The average molecular weight is 268 g/mol. The first-order valence-corrected chi connectivity index (χ1v) is 6.44. The van der Waals surface area contributed by atoms with Crippen molar-refractivity contribution in [2.24, 2.45) is 12.9 Å². The maximum atomic E-state index is 12.1. The highest BCUT2D eigenvalue weighted by Gasteiger charge is 2.19. The first-order chi connectivity index (χ1) is 8.53. The van der Waals surface area contributed by atoms with Gasteiger partial charge in [0, 0.05) is 31.7 Å². The van der Waals surface area contributed by atoms with Crippen LogP contribution >= 0.6 is 0 Å². The molecule has 96 valence electrons. The van der Waals surface area contributed by atoms with E-state index in [4.69, 9.17) is 5.84 Å². The van der Waals surface area contributed by atoms with E-state index in [2.05, 4.69) is 20.2 Å². The van der Waals surface area contributed by atoms with Crippen molar-refractivity contribution in [3.05, 3.63) is 30.7 Å². The Morgan fingerprint density at radius 2 is 2.17 bits per heavy atom. The number of pyridine rings is 1. The van der Waals surface area contributed by atoms with E-state index in [0.29, 0.717) is 0 Å². The van der Waals surface area contributed by atoms with E-state index in [-0.39, 0.29) is 16.4 Å². The van der Waals surface area contributed by atoms with Gasteiger partial charge in [-0.15, -0.1) is 0 Å². The molecule has 2 rings (SSSR count). The zero-order valence-corrected chi connectivity index (χ0v) is 10.3. The highest BCUT2D eigenvalue weighted by atomic mass is 32.2. The number of aromatic nitrogens is 3. The topological polar surface area (TPSA) is 115 Å². The van der Waals surface area contributed by atoms with Crippen LogP contribution in [0.4, 0.5) is 11.5 Å². The minimum atomic E-state index is -3.77. The molecular weight excluding hydrogens is 256 g/mol. The Morgan fingerprint density at radius 1 is 1.39 bits per heavy atom. The smallest absolute Gasteiger partial charge is 0.266 e. The second-order valence-corrected chi connectivity index (χ2v) is 5.15. The molecule has 18 heavy (non-hydrogen) atoms. The van der Waals surface area contributed by atoms with Gasteiger partial charge in [-0.25, -0.2) is 8.42 Å². The molecule has 2 aromatic heterocycles. The van der Waals surface area contributed by atoms with Gasteiger partial charge in [-0.1, -0.05) is 0 Å². The van der Waals surface area contributed by atoms with Gasteiger partial charge in [0.05, 0.1) is 5.69 Å². The molecule has 0 spiro atoms. The minimum absolute atomic E-state index is 0.0434. The molecule has 0 aromatic carbocycles. The summed E-state index contributed by atoms with van der Waals surface area (Å²) in [7, 11) is -2.08. The predicted molar refractivity (Wildman–Crippen MR) is 66.1 cm³/mol. The van der Waals surface area contributed by atoms with E-state index < -0.39 is 10.0 Å². The van der Waals surface area contributed by atoms with Crippen LogP contribution in [-0.4, -0.2) is 23.2 Å². The maximum absolute atomic E-state index is 12.1. The summed E-state index contributed by atoms with van der Waals surface area (Å²) in [5.41, 5.74) is 2.57. The van der Waals surface area contributed by atoms with Crippen molar-refractivity contribution in [3.8, 4) is 0 Å². The number of nitrogens with zero attached hydrogens (tertiary/aromatic N) is 3. The Morgan fingerprint density at radius 3 is 2.78 bits per heavy atom. The number of nitrogens with two attached hydrogens (primary N) is 1. The lowest BCUT2D eigenvalue weighted by molar-refractivity contribution is 0.600. The van der Waals surface area contributed by atoms with Gasteiger partial charge in [0.25, 0.3) is 10.0 Å². The van der Waals surface area contributed by atoms with Crippen molar-refractivity contribution in [3.63, 3.8) is 0 Å². The van der Waals surface area contributed by atoms with E-state index in [1.54, 1.807) is 19.3 Å². The predicted octanol–water partition coefficient (Wildman–Crippen LogP) is -0.0985. The molecule has 4 N–H and O–H groups in total. The number of rotatable bonds is 4. The fourth-order valence-electron chi connectivity index (χ4n) is 1.38. The van der Waals surface area contributed by atoms with Crippen molar-refractivity contribution < 1.29 is 8.42 Å². The van der Waals surface area contributed by atoms with Gasteiger partial charge in [0.15, 0.2) is 5.82 Å². The van der Waals surface area contributed by atoms with Gasteiger partial charge >= 0.3 is 0 Å². The molecule has 0 fully saturated rings. The van der Waals surface area contributed by atoms with Gasteiger partial charge < -0.3 is 5.43 Å². The highest BCUT2D eigenvalue weighted by Crippen LogP contribution is 2.20. The van der Waals surface area contributed by atoms with Crippen LogP contribution in [0.2, 0.25) is 0 Å². The SMILES string of the molecule is Cn1ccc(NS(=O)(=O)c2cnccc2NN)n1. The zero-order valence-electron chi connectivity index (χ0n) is 9.53. The van der Waals surface area contributed by atoms with E-state index >= 15 is 0 Å². The first-order valence-electron chi connectivity index (χ1n) is 4.96. The molecule has 0 unspecified atom stereocenters. The summed E-state index contributed by atoms with van der Waals surface area (Å²) >= 11 is 0. The molecule has 0 aliphatic rings. The van der Waals surface area contributed by atoms with Crippen LogP contribution in [0, 0.1) is 0 Å². The Bertz CT molecular complexity index is 651. The fourth-order valence-corrected chi connectivity index (χ4v) is 2.49. The molecule has 0 aliphatic heterocycles. The molecule has 0 amide bonds. The summed E-state index contributed by atoms with van der Waals surface area (Å²) in [4.78, 5) is 3.72. The number of nitrogen functional groups attached to an aromatic ring is 1. The van der Waals surface area contributed by atoms with E-state index in [1.807, 2.05) is 0 Å². The molecule has 0 saturated carbocycles. The van der Waals surface area contributed by atoms with Gasteiger partial charge in [-0.05, 0) is 6.07 Å². The second-order valence-electron chi connectivity index (χ2n) is 3.50. The third-order valence-electron chi connectivity index (χ3n) is 2.18. The summed E-state index contributed by atoms with van der Waals surface area (Å²) < 4.78 is 28.0. The molecule has 0 aliphatic carbocycles. The summed E-state index contributed by atoms with van der Waals surface area (Å²) in [5.74, 6) is 5.48. The Labute approximate surface area is 104 Å². The van der Waals surface area contributed by atoms with Gasteiger partial charge in [0.2, 0.25) is 0 Å². The van der Waals surface area contributed by atoms with E-state index in [1.165, 1.54) is 23.1 Å². The number of nitrogens with one attached hydrogen (secondary N) is 2. The molecule has 0 radical (unpaired) electrons. The number of hydrazine groups is 1. The summed E-state index contributed by atoms with van der Waals surface area (Å²) in [6.07, 6.45) is 4.28. The summed E-state index contributed by atoms with van der Waals surface area (Å²) in [6.45, 7) is 0. The normalized spacial score (nSPS) is 11.2. The summed E-state index contributed by atoms with van der Waals surface area (Å²) in [6, 6.07) is 3.01. The largest absolute Gasteiger partial charge is 0.323 e. The monoisotopic (exact) mass is 268 g/mol. The van der Waals surface area contributed by atoms with Gasteiger partial charge in [0.1, 0.15) is 4.90 Å². The second kappa shape index (κ2) is 4.63.